The Morgan fingerprint density at radius 3 is 2.60 bits per heavy atom. The molecule has 3 rings (SSSR count). The number of methoxy groups -OCH3 is 1. The van der Waals surface area contributed by atoms with E-state index in [2.05, 4.69) is 34.5 Å². The third-order valence-corrected chi connectivity index (χ3v) is 4.33. The highest BCUT2D eigenvalue weighted by atomic mass is 16.5. The number of hydrogen-bond acceptors (Lipinski definition) is 4. The fourth-order valence-electron chi connectivity index (χ4n) is 3.04. The van der Waals surface area contributed by atoms with Gasteiger partial charge >= 0.3 is 0 Å². The highest BCUT2D eigenvalue weighted by Gasteiger charge is 2.17. The Kier molecular flexibility index (Phi) is 5.90. The zero-order valence-electron chi connectivity index (χ0n) is 14.5. The molecule has 1 N–H and O–H groups in total. The second-order valence-electron chi connectivity index (χ2n) is 6.08. The summed E-state index contributed by atoms with van der Waals surface area (Å²) >= 11 is 0. The Balaban J connectivity index is 1.39. The molecule has 2 aromatic rings. The first-order valence-corrected chi connectivity index (χ1v) is 8.58. The average molecular weight is 340 g/mol. The van der Waals surface area contributed by atoms with E-state index in [4.69, 9.17) is 9.47 Å². The molecule has 0 radical (unpaired) electrons. The van der Waals surface area contributed by atoms with Crippen LogP contribution in [0.2, 0.25) is 0 Å². The van der Waals surface area contributed by atoms with Gasteiger partial charge in [-0.3, -0.25) is 9.69 Å². The maximum Gasteiger partial charge on any atom is 0.234 e. The number of carbonyl (C=O) groups excluding carboxylic acids is 1. The molecule has 0 fully saturated rings. The van der Waals surface area contributed by atoms with E-state index < -0.39 is 0 Å². The van der Waals surface area contributed by atoms with E-state index >= 15 is 0 Å². The number of carbonyl (C=O) groups is 1. The van der Waals surface area contributed by atoms with Crippen molar-refractivity contribution < 1.29 is 14.3 Å². The van der Waals surface area contributed by atoms with Crippen molar-refractivity contribution in [3.8, 4) is 11.5 Å². The van der Waals surface area contributed by atoms with Gasteiger partial charge in [-0.2, -0.15) is 0 Å². The van der Waals surface area contributed by atoms with Gasteiger partial charge in [0.15, 0.2) is 11.5 Å². The van der Waals surface area contributed by atoms with Crippen LogP contribution in [0.5, 0.6) is 11.5 Å². The number of rotatable bonds is 7. The summed E-state index contributed by atoms with van der Waals surface area (Å²) in [6.45, 7) is 3.06. The number of fused-ring (bicyclic) bond motifs is 1. The zero-order valence-corrected chi connectivity index (χ0v) is 14.5. The Morgan fingerprint density at radius 1 is 1.08 bits per heavy atom. The Labute approximate surface area is 148 Å². The quantitative estimate of drug-likeness (QED) is 0.786. The maximum absolute atomic E-state index is 12.1. The molecule has 5 heteroatoms. The first-order valence-electron chi connectivity index (χ1n) is 8.58. The Morgan fingerprint density at radius 2 is 1.80 bits per heavy atom. The van der Waals surface area contributed by atoms with Crippen molar-refractivity contribution in [3.05, 3.63) is 59.7 Å². The van der Waals surface area contributed by atoms with Crippen LogP contribution in [-0.4, -0.2) is 44.2 Å². The first kappa shape index (κ1) is 17.3. The summed E-state index contributed by atoms with van der Waals surface area (Å²) in [6.07, 6.45) is 1.00. The van der Waals surface area contributed by atoms with Gasteiger partial charge in [-0.1, -0.05) is 36.4 Å². The first-order chi connectivity index (χ1) is 12.3. The van der Waals surface area contributed by atoms with E-state index in [-0.39, 0.29) is 5.91 Å². The SMILES string of the molecule is COc1ccccc1OCCNC(=O)CN1CCc2ccccc2C1. The smallest absolute Gasteiger partial charge is 0.234 e. The molecule has 1 amide bonds. The topological polar surface area (TPSA) is 50.8 Å². The van der Waals surface area contributed by atoms with Crippen molar-refractivity contribution in [1.82, 2.24) is 10.2 Å². The lowest BCUT2D eigenvalue weighted by Gasteiger charge is -2.28. The molecule has 0 saturated carbocycles. The van der Waals surface area contributed by atoms with Gasteiger partial charge in [-0.15, -0.1) is 0 Å². The molecule has 2 aromatic carbocycles. The highest BCUT2D eigenvalue weighted by molar-refractivity contribution is 5.78. The van der Waals surface area contributed by atoms with E-state index in [1.807, 2.05) is 24.3 Å². The van der Waals surface area contributed by atoms with Crippen LogP contribution < -0.4 is 14.8 Å². The molecular weight excluding hydrogens is 316 g/mol. The van der Waals surface area contributed by atoms with Crippen LogP contribution in [0.15, 0.2) is 48.5 Å². The predicted octanol–water partition coefficient (Wildman–Crippen LogP) is 2.25. The van der Waals surface area contributed by atoms with Crippen LogP contribution in [0.1, 0.15) is 11.1 Å². The van der Waals surface area contributed by atoms with Gasteiger partial charge in [0.05, 0.1) is 20.2 Å². The summed E-state index contributed by atoms with van der Waals surface area (Å²) in [6, 6.07) is 15.9. The van der Waals surface area contributed by atoms with Gasteiger partial charge in [0.1, 0.15) is 6.61 Å². The molecule has 0 aliphatic carbocycles. The Bertz CT molecular complexity index is 718. The molecule has 5 nitrogen and oxygen atoms in total. The summed E-state index contributed by atoms with van der Waals surface area (Å²) in [5.74, 6) is 1.41. The van der Waals surface area contributed by atoms with Crippen molar-refractivity contribution in [3.63, 3.8) is 0 Å². The molecule has 0 saturated heterocycles. The average Bonchev–Trinajstić information content (AvgIpc) is 2.65. The minimum Gasteiger partial charge on any atom is -0.493 e. The van der Waals surface area contributed by atoms with Crippen molar-refractivity contribution >= 4 is 5.91 Å². The molecule has 132 valence electrons. The number of ether oxygens (including phenoxy) is 2. The minimum absolute atomic E-state index is 0.0306. The van der Waals surface area contributed by atoms with Crippen molar-refractivity contribution in [2.75, 3.05) is 33.4 Å². The predicted molar refractivity (Wildman–Crippen MR) is 96.9 cm³/mol. The third kappa shape index (κ3) is 4.73. The number of nitrogens with zero attached hydrogens (tertiary/aromatic N) is 1. The summed E-state index contributed by atoms with van der Waals surface area (Å²) in [5.41, 5.74) is 2.71. The zero-order chi connectivity index (χ0) is 17.5. The largest absolute Gasteiger partial charge is 0.493 e. The fourth-order valence-corrected chi connectivity index (χ4v) is 3.04. The van der Waals surface area contributed by atoms with E-state index in [1.54, 1.807) is 7.11 Å². The molecule has 1 aliphatic rings. The normalized spacial score (nSPS) is 13.8. The second-order valence-corrected chi connectivity index (χ2v) is 6.08. The van der Waals surface area contributed by atoms with Crippen LogP contribution >= 0.6 is 0 Å². The van der Waals surface area contributed by atoms with E-state index in [1.165, 1.54) is 11.1 Å². The number of amides is 1. The van der Waals surface area contributed by atoms with Gasteiger partial charge < -0.3 is 14.8 Å². The fraction of sp³-hybridized carbons (Fsp3) is 0.350. The van der Waals surface area contributed by atoms with Gasteiger partial charge in [0, 0.05) is 13.1 Å². The molecular formula is C20H24N2O3. The molecule has 0 spiro atoms. The molecule has 0 bridgehead atoms. The number of hydrogen-bond donors (Lipinski definition) is 1. The lowest BCUT2D eigenvalue weighted by Crippen LogP contribution is -2.40. The van der Waals surface area contributed by atoms with E-state index in [9.17, 15) is 4.79 Å². The van der Waals surface area contributed by atoms with Gasteiger partial charge in [0.25, 0.3) is 0 Å². The van der Waals surface area contributed by atoms with Crippen molar-refractivity contribution in [2.24, 2.45) is 0 Å². The monoisotopic (exact) mass is 340 g/mol. The number of benzene rings is 2. The summed E-state index contributed by atoms with van der Waals surface area (Å²) in [4.78, 5) is 14.3. The van der Waals surface area contributed by atoms with Crippen LogP contribution in [0.4, 0.5) is 0 Å². The van der Waals surface area contributed by atoms with Crippen molar-refractivity contribution in [2.45, 2.75) is 13.0 Å². The molecule has 1 heterocycles. The number of nitrogens with one attached hydrogen (secondary N) is 1. The molecule has 25 heavy (non-hydrogen) atoms. The van der Waals surface area contributed by atoms with Crippen LogP contribution in [-0.2, 0) is 17.8 Å². The van der Waals surface area contributed by atoms with Crippen molar-refractivity contribution in [1.29, 1.82) is 0 Å². The van der Waals surface area contributed by atoms with Crippen LogP contribution in [0.3, 0.4) is 0 Å². The summed E-state index contributed by atoms with van der Waals surface area (Å²) < 4.78 is 10.9. The van der Waals surface area contributed by atoms with Gasteiger partial charge in [-0.25, -0.2) is 0 Å². The van der Waals surface area contributed by atoms with Gasteiger partial charge in [0.2, 0.25) is 5.91 Å². The third-order valence-electron chi connectivity index (χ3n) is 4.33. The Hall–Kier alpha value is -2.53. The summed E-state index contributed by atoms with van der Waals surface area (Å²) in [5, 5.41) is 2.92. The van der Waals surface area contributed by atoms with Gasteiger partial charge in [-0.05, 0) is 29.7 Å². The van der Waals surface area contributed by atoms with Crippen LogP contribution in [0.25, 0.3) is 0 Å². The van der Waals surface area contributed by atoms with Crippen LogP contribution in [0, 0.1) is 0 Å². The second kappa shape index (κ2) is 8.53. The molecule has 1 aliphatic heterocycles. The lowest BCUT2D eigenvalue weighted by molar-refractivity contribution is -0.122. The summed E-state index contributed by atoms with van der Waals surface area (Å²) in [7, 11) is 1.61. The minimum atomic E-state index is 0.0306. The highest BCUT2D eigenvalue weighted by Crippen LogP contribution is 2.25. The standard InChI is InChI=1S/C20H24N2O3/c1-24-18-8-4-5-9-19(18)25-13-11-21-20(23)15-22-12-10-16-6-2-3-7-17(16)14-22/h2-9H,10-15H2,1H3,(H,21,23). The number of para-hydroxylation sites is 2. The van der Waals surface area contributed by atoms with E-state index in [0.717, 1.165) is 19.5 Å². The lowest BCUT2D eigenvalue weighted by atomic mass is 10.00. The van der Waals surface area contributed by atoms with E-state index in [0.29, 0.717) is 31.2 Å². The molecule has 0 unspecified atom stereocenters. The maximum atomic E-state index is 12.1. The molecule has 0 aromatic heterocycles. The molecule has 0 atom stereocenters.